The van der Waals surface area contributed by atoms with Crippen LogP contribution in [-0.4, -0.2) is 16.0 Å². The molecule has 0 saturated heterocycles. The van der Waals surface area contributed by atoms with Crippen LogP contribution in [0.3, 0.4) is 0 Å². The van der Waals surface area contributed by atoms with Crippen LogP contribution in [0.25, 0.3) is 0 Å². The van der Waals surface area contributed by atoms with Gasteiger partial charge in [0.05, 0.1) is 16.1 Å². The molecule has 0 aliphatic heterocycles. The highest BCUT2D eigenvalue weighted by atomic mass is 19.1. The summed E-state index contributed by atoms with van der Waals surface area (Å²) >= 11 is 0. The van der Waals surface area contributed by atoms with Gasteiger partial charge in [-0.3, -0.25) is 10.1 Å². The van der Waals surface area contributed by atoms with E-state index in [2.05, 4.69) is 0 Å². The molecule has 1 N–H and O–H groups in total. The van der Waals surface area contributed by atoms with E-state index in [1.54, 1.807) is 0 Å². The van der Waals surface area contributed by atoms with Gasteiger partial charge in [0.2, 0.25) is 0 Å². The number of hydrogen-bond acceptors (Lipinski definition) is 3. The van der Waals surface area contributed by atoms with Crippen LogP contribution in [-0.2, 0) is 0 Å². The zero-order valence-electron chi connectivity index (χ0n) is 7.15. The molecule has 1 rings (SSSR count). The van der Waals surface area contributed by atoms with Crippen LogP contribution < -0.4 is 0 Å². The highest BCUT2D eigenvalue weighted by Gasteiger charge is 2.18. The van der Waals surface area contributed by atoms with Crippen molar-refractivity contribution in [1.82, 2.24) is 0 Å². The van der Waals surface area contributed by atoms with Crippen molar-refractivity contribution in [1.29, 1.82) is 0 Å². The topological polar surface area (TPSA) is 80.4 Å². The number of halogens is 1. The van der Waals surface area contributed by atoms with Crippen LogP contribution in [0.4, 0.5) is 10.1 Å². The number of hydrogen-bond donors (Lipinski definition) is 1. The zero-order chi connectivity index (χ0) is 10.9. The Bertz CT molecular complexity index is 416. The van der Waals surface area contributed by atoms with Gasteiger partial charge in [0.1, 0.15) is 5.82 Å². The third-order valence-electron chi connectivity index (χ3n) is 1.76. The lowest BCUT2D eigenvalue weighted by atomic mass is 10.1. The highest BCUT2D eigenvalue weighted by Crippen LogP contribution is 2.22. The molecule has 0 radical (unpaired) electrons. The minimum atomic E-state index is -1.40. The molecule has 0 aliphatic carbocycles. The molecule has 0 heterocycles. The number of nitro groups is 1. The van der Waals surface area contributed by atoms with Gasteiger partial charge in [-0.05, 0) is 13.0 Å². The van der Waals surface area contributed by atoms with Crippen molar-refractivity contribution in [2.24, 2.45) is 0 Å². The summed E-state index contributed by atoms with van der Waals surface area (Å²) in [5, 5.41) is 18.9. The van der Waals surface area contributed by atoms with Crippen molar-refractivity contribution in [2.75, 3.05) is 0 Å². The first kappa shape index (κ1) is 10.1. The van der Waals surface area contributed by atoms with E-state index in [0.29, 0.717) is 0 Å². The van der Waals surface area contributed by atoms with Crippen molar-refractivity contribution >= 4 is 11.7 Å². The number of benzene rings is 1. The molecule has 74 valence electrons. The average molecular weight is 199 g/mol. The number of nitrogens with zero attached hydrogens (tertiary/aromatic N) is 1. The quantitative estimate of drug-likeness (QED) is 0.581. The van der Waals surface area contributed by atoms with Crippen molar-refractivity contribution < 1.29 is 19.2 Å². The van der Waals surface area contributed by atoms with E-state index in [0.717, 1.165) is 12.1 Å². The third kappa shape index (κ3) is 1.68. The SMILES string of the molecule is Cc1c(F)cc(C(=O)O)cc1[N+](=O)[O-]. The minimum Gasteiger partial charge on any atom is -0.478 e. The number of carboxylic acids is 1. The molecule has 0 unspecified atom stereocenters. The Hall–Kier alpha value is -1.98. The maximum absolute atomic E-state index is 13.0. The summed E-state index contributed by atoms with van der Waals surface area (Å²) < 4.78 is 13.0. The number of rotatable bonds is 2. The maximum Gasteiger partial charge on any atom is 0.336 e. The van der Waals surface area contributed by atoms with Crippen molar-refractivity contribution in [2.45, 2.75) is 6.92 Å². The van der Waals surface area contributed by atoms with Crippen LogP contribution in [0.2, 0.25) is 0 Å². The Morgan fingerprint density at radius 3 is 2.57 bits per heavy atom. The standard InChI is InChI=1S/C8H6FNO4/c1-4-6(9)2-5(8(11)12)3-7(4)10(13)14/h2-3H,1H3,(H,11,12). The molecule has 0 amide bonds. The minimum absolute atomic E-state index is 0.167. The van der Waals surface area contributed by atoms with Crippen LogP contribution in [0.15, 0.2) is 12.1 Å². The zero-order valence-corrected chi connectivity index (χ0v) is 7.15. The number of carboxylic acid groups (broad SMARTS) is 1. The molecule has 1 aromatic rings. The van der Waals surface area contributed by atoms with E-state index >= 15 is 0 Å². The summed E-state index contributed by atoms with van der Waals surface area (Å²) in [7, 11) is 0. The molecule has 14 heavy (non-hydrogen) atoms. The molecule has 0 fully saturated rings. The first-order valence-corrected chi connectivity index (χ1v) is 3.61. The Morgan fingerprint density at radius 2 is 2.14 bits per heavy atom. The molecule has 0 atom stereocenters. The predicted octanol–water partition coefficient (Wildman–Crippen LogP) is 1.74. The molecular weight excluding hydrogens is 193 g/mol. The van der Waals surface area contributed by atoms with E-state index in [9.17, 15) is 19.3 Å². The highest BCUT2D eigenvalue weighted by molar-refractivity contribution is 5.88. The van der Waals surface area contributed by atoms with Crippen LogP contribution >= 0.6 is 0 Å². The number of nitro benzene ring substituents is 1. The maximum atomic E-state index is 13.0. The molecule has 0 aromatic heterocycles. The van der Waals surface area contributed by atoms with E-state index in [1.807, 2.05) is 0 Å². The van der Waals surface area contributed by atoms with Crippen LogP contribution in [0, 0.1) is 22.9 Å². The molecule has 1 aromatic carbocycles. The summed E-state index contributed by atoms with van der Waals surface area (Å²) in [6, 6.07) is 1.59. The van der Waals surface area contributed by atoms with Crippen LogP contribution in [0.5, 0.6) is 0 Å². The van der Waals surface area contributed by atoms with E-state index in [4.69, 9.17) is 5.11 Å². The Balaban J connectivity index is 3.43. The fourth-order valence-electron chi connectivity index (χ4n) is 0.977. The molecule has 0 bridgehead atoms. The Kier molecular flexibility index (Phi) is 2.46. The Labute approximate surface area is 77.9 Å². The van der Waals surface area contributed by atoms with E-state index < -0.39 is 28.0 Å². The second kappa shape index (κ2) is 3.41. The van der Waals surface area contributed by atoms with Gasteiger partial charge in [-0.25, -0.2) is 9.18 Å². The Morgan fingerprint density at radius 1 is 1.57 bits per heavy atom. The van der Waals surface area contributed by atoms with Gasteiger partial charge in [-0.15, -0.1) is 0 Å². The third-order valence-corrected chi connectivity index (χ3v) is 1.76. The number of aromatic carboxylic acids is 1. The summed E-state index contributed by atoms with van der Waals surface area (Å²) in [5.74, 6) is -2.29. The molecule has 0 spiro atoms. The van der Waals surface area contributed by atoms with Gasteiger partial charge in [0.15, 0.2) is 0 Å². The summed E-state index contributed by atoms with van der Waals surface area (Å²) in [6.45, 7) is 1.22. The molecular formula is C8H6FNO4. The second-order valence-corrected chi connectivity index (χ2v) is 2.66. The van der Waals surface area contributed by atoms with Crippen LogP contribution in [0.1, 0.15) is 15.9 Å². The lowest BCUT2D eigenvalue weighted by Crippen LogP contribution is -2.02. The first-order chi connectivity index (χ1) is 6.43. The molecule has 0 saturated carbocycles. The average Bonchev–Trinajstić information content (AvgIpc) is 2.08. The second-order valence-electron chi connectivity index (χ2n) is 2.66. The fraction of sp³-hybridized carbons (Fsp3) is 0.125. The van der Waals surface area contributed by atoms with Gasteiger partial charge in [0, 0.05) is 6.07 Å². The smallest absolute Gasteiger partial charge is 0.336 e. The fourth-order valence-corrected chi connectivity index (χ4v) is 0.977. The summed E-state index contributed by atoms with van der Waals surface area (Å²) in [4.78, 5) is 20.0. The normalized spacial score (nSPS) is 9.86. The lowest BCUT2D eigenvalue weighted by molar-refractivity contribution is -0.385. The van der Waals surface area contributed by atoms with Crippen molar-refractivity contribution in [3.63, 3.8) is 0 Å². The van der Waals surface area contributed by atoms with E-state index in [-0.39, 0.29) is 5.56 Å². The monoisotopic (exact) mass is 199 g/mol. The first-order valence-electron chi connectivity index (χ1n) is 3.61. The van der Waals surface area contributed by atoms with Gasteiger partial charge in [-0.2, -0.15) is 0 Å². The lowest BCUT2D eigenvalue weighted by Gasteiger charge is -2.00. The molecule has 6 heteroatoms. The van der Waals surface area contributed by atoms with E-state index in [1.165, 1.54) is 6.92 Å². The molecule has 0 aliphatic rings. The number of carbonyl (C=O) groups is 1. The van der Waals surface area contributed by atoms with Gasteiger partial charge < -0.3 is 5.11 Å². The predicted molar refractivity (Wildman–Crippen MR) is 44.8 cm³/mol. The summed E-state index contributed by atoms with van der Waals surface area (Å²) in [6.07, 6.45) is 0. The largest absolute Gasteiger partial charge is 0.478 e. The van der Waals surface area contributed by atoms with Crippen molar-refractivity contribution in [3.8, 4) is 0 Å². The van der Waals surface area contributed by atoms with Gasteiger partial charge in [0.25, 0.3) is 5.69 Å². The van der Waals surface area contributed by atoms with Crippen molar-refractivity contribution in [3.05, 3.63) is 39.2 Å². The van der Waals surface area contributed by atoms with Gasteiger partial charge >= 0.3 is 5.97 Å². The van der Waals surface area contributed by atoms with Gasteiger partial charge in [-0.1, -0.05) is 0 Å². The summed E-state index contributed by atoms with van der Waals surface area (Å²) in [5.41, 5.74) is -1.12. The molecule has 5 nitrogen and oxygen atoms in total.